The Labute approximate surface area is 144 Å². The standard InChI is InChI=1S/C19H16N2O4/c22-17-19(8-7-13-3-1-2-4-14(13)19)20-18(23)21(17)10-12-5-6-15-16(9-12)25-11-24-15/h1-6,9H,7-8,10-11H2,(H,20,23). The molecule has 3 amide bonds. The zero-order valence-corrected chi connectivity index (χ0v) is 13.5. The van der Waals surface area contributed by atoms with Crippen molar-refractivity contribution in [2.45, 2.75) is 24.9 Å². The molecule has 0 radical (unpaired) electrons. The Morgan fingerprint density at radius 3 is 2.84 bits per heavy atom. The van der Waals surface area contributed by atoms with Crippen molar-refractivity contribution < 1.29 is 19.1 Å². The van der Waals surface area contributed by atoms with Crippen molar-refractivity contribution in [1.82, 2.24) is 10.2 Å². The molecule has 0 bridgehead atoms. The van der Waals surface area contributed by atoms with E-state index in [1.54, 1.807) is 6.07 Å². The highest BCUT2D eigenvalue weighted by Gasteiger charge is 2.55. The lowest BCUT2D eigenvalue weighted by molar-refractivity contribution is -0.132. The molecule has 126 valence electrons. The second-order valence-corrected chi connectivity index (χ2v) is 6.57. The van der Waals surface area contributed by atoms with Gasteiger partial charge >= 0.3 is 6.03 Å². The van der Waals surface area contributed by atoms with Crippen LogP contribution in [0, 0.1) is 0 Å². The summed E-state index contributed by atoms with van der Waals surface area (Å²) < 4.78 is 10.7. The van der Waals surface area contributed by atoms with E-state index >= 15 is 0 Å². The summed E-state index contributed by atoms with van der Waals surface area (Å²) in [4.78, 5) is 27.0. The molecule has 3 aliphatic rings. The van der Waals surface area contributed by atoms with E-state index in [1.165, 1.54) is 4.90 Å². The van der Waals surface area contributed by atoms with Crippen LogP contribution in [0.3, 0.4) is 0 Å². The van der Waals surface area contributed by atoms with Crippen LogP contribution in [-0.2, 0) is 23.3 Å². The third-order valence-electron chi connectivity index (χ3n) is 5.20. The molecule has 2 aromatic rings. The molecule has 1 aliphatic carbocycles. The Morgan fingerprint density at radius 2 is 1.92 bits per heavy atom. The minimum Gasteiger partial charge on any atom is -0.454 e. The Bertz CT molecular complexity index is 910. The molecular formula is C19H16N2O4. The van der Waals surface area contributed by atoms with Crippen molar-refractivity contribution in [2.24, 2.45) is 0 Å². The van der Waals surface area contributed by atoms with Crippen molar-refractivity contribution in [3.05, 3.63) is 59.2 Å². The lowest BCUT2D eigenvalue weighted by Crippen LogP contribution is -2.41. The highest BCUT2D eigenvalue weighted by Crippen LogP contribution is 2.42. The van der Waals surface area contributed by atoms with Gasteiger partial charge in [-0.25, -0.2) is 4.79 Å². The second kappa shape index (κ2) is 4.99. The molecule has 1 saturated heterocycles. The first-order chi connectivity index (χ1) is 12.2. The van der Waals surface area contributed by atoms with Gasteiger partial charge in [-0.1, -0.05) is 30.3 Å². The van der Waals surface area contributed by atoms with Gasteiger partial charge in [-0.2, -0.15) is 0 Å². The van der Waals surface area contributed by atoms with Gasteiger partial charge in [0, 0.05) is 0 Å². The van der Waals surface area contributed by atoms with E-state index in [2.05, 4.69) is 5.32 Å². The number of amides is 3. The fraction of sp³-hybridized carbons (Fsp3) is 0.263. The van der Waals surface area contributed by atoms with Crippen molar-refractivity contribution in [3.63, 3.8) is 0 Å². The van der Waals surface area contributed by atoms with Crippen LogP contribution < -0.4 is 14.8 Å². The van der Waals surface area contributed by atoms with E-state index in [4.69, 9.17) is 9.47 Å². The van der Waals surface area contributed by atoms with Gasteiger partial charge in [0.2, 0.25) is 6.79 Å². The number of fused-ring (bicyclic) bond motifs is 3. The zero-order chi connectivity index (χ0) is 17.0. The molecule has 0 saturated carbocycles. The highest BCUT2D eigenvalue weighted by atomic mass is 16.7. The molecule has 6 heteroatoms. The summed E-state index contributed by atoms with van der Waals surface area (Å²) in [7, 11) is 0. The fourth-order valence-corrected chi connectivity index (χ4v) is 3.96. The summed E-state index contributed by atoms with van der Waals surface area (Å²) >= 11 is 0. The molecular weight excluding hydrogens is 320 g/mol. The SMILES string of the molecule is O=C1NC2(CCc3ccccc32)C(=O)N1Cc1ccc2c(c1)OCO2. The normalized spacial score (nSPS) is 23.3. The van der Waals surface area contributed by atoms with Gasteiger partial charge in [0.1, 0.15) is 5.54 Å². The topological polar surface area (TPSA) is 67.9 Å². The van der Waals surface area contributed by atoms with Gasteiger partial charge in [-0.05, 0) is 41.7 Å². The van der Waals surface area contributed by atoms with Gasteiger partial charge in [0.25, 0.3) is 5.91 Å². The summed E-state index contributed by atoms with van der Waals surface area (Å²) in [6.07, 6.45) is 1.40. The van der Waals surface area contributed by atoms with Gasteiger partial charge < -0.3 is 14.8 Å². The highest BCUT2D eigenvalue weighted by molar-refractivity contribution is 6.08. The molecule has 1 spiro atoms. The number of urea groups is 1. The van der Waals surface area contributed by atoms with Crippen molar-refractivity contribution in [3.8, 4) is 11.5 Å². The van der Waals surface area contributed by atoms with Crippen LogP contribution >= 0.6 is 0 Å². The number of rotatable bonds is 2. The first-order valence-electron chi connectivity index (χ1n) is 8.28. The number of hydrogen-bond acceptors (Lipinski definition) is 4. The van der Waals surface area contributed by atoms with Crippen LogP contribution in [0.2, 0.25) is 0 Å². The third-order valence-corrected chi connectivity index (χ3v) is 5.20. The van der Waals surface area contributed by atoms with Crippen molar-refractivity contribution in [2.75, 3.05) is 6.79 Å². The Hall–Kier alpha value is -3.02. The summed E-state index contributed by atoms with van der Waals surface area (Å²) in [5.41, 5.74) is 1.96. The summed E-state index contributed by atoms with van der Waals surface area (Å²) in [6.45, 7) is 0.410. The monoisotopic (exact) mass is 336 g/mol. The number of nitrogens with one attached hydrogen (secondary N) is 1. The van der Waals surface area contributed by atoms with E-state index < -0.39 is 5.54 Å². The molecule has 0 aromatic heterocycles. The molecule has 5 rings (SSSR count). The van der Waals surface area contributed by atoms with E-state index in [0.717, 1.165) is 23.1 Å². The van der Waals surface area contributed by atoms with Gasteiger partial charge in [0.15, 0.2) is 11.5 Å². The predicted molar refractivity (Wildman–Crippen MR) is 88.1 cm³/mol. The fourth-order valence-electron chi connectivity index (χ4n) is 3.96. The Morgan fingerprint density at radius 1 is 1.08 bits per heavy atom. The molecule has 25 heavy (non-hydrogen) atoms. The van der Waals surface area contributed by atoms with Crippen LogP contribution in [0.1, 0.15) is 23.1 Å². The smallest absolute Gasteiger partial charge is 0.325 e. The number of benzene rings is 2. The van der Waals surface area contributed by atoms with Crippen LogP contribution in [0.4, 0.5) is 4.79 Å². The van der Waals surface area contributed by atoms with E-state index in [0.29, 0.717) is 17.9 Å². The molecule has 1 N–H and O–H groups in total. The Balaban J connectivity index is 1.46. The maximum atomic E-state index is 13.1. The first-order valence-corrected chi connectivity index (χ1v) is 8.28. The third kappa shape index (κ3) is 1.97. The summed E-state index contributed by atoms with van der Waals surface area (Å²) in [6, 6.07) is 12.9. The molecule has 2 aromatic carbocycles. The number of nitrogens with zero attached hydrogens (tertiary/aromatic N) is 1. The van der Waals surface area contributed by atoms with Crippen molar-refractivity contribution in [1.29, 1.82) is 0 Å². The number of hydrogen-bond donors (Lipinski definition) is 1. The van der Waals surface area contributed by atoms with E-state index in [1.807, 2.05) is 36.4 Å². The van der Waals surface area contributed by atoms with Gasteiger partial charge in [0.05, 0.1) is 6.54 Å². The van der Waals surface area contributed by atoms with Crippen LogP contribution in [0.15, 0.2) is 42.5 Å². The number of aryl methyl sites for hydroxylation is 1. The average Bonchev–Trinajstić information content (AvgIpc) is 3.29. The minimum atomic E-state index is -0.913. The molecule has 2 heterocycles. The van der Waals surface area contributed by atoms with Gasteiger partial charge in [-0.3, -0.25) is 9.69 Å². The molecule has 1 fully saturated rings. The van der Waals surface area contributed by atoms with Crippen LogP contribution in [0.5, 0.6) is 11.5 Å². The first kappa shape index (κ1) is 14.3. The Kier molecular flexibility index (Phi) is 2.86. The van der Waals surface area contributed by atoms with Crippen LogP contribution in [-0.4, -0.2) is 23.6 Å². The number of carbonyl (C=O) groups excluding carboxylic acids is 2. The number of carbonyl (C=O) groups is 2. The lowest BCUT2D eigenvalue weighted by atomic mass is 9.92. The zero-order valence-electron chi connectivity index (χ0n) is 13.5. The largest absolute Gasteiger partial charge is 0.454 e. The summed E-state index contributed by atoms with van der Waals surface area (Å²) in [5.74, 6) is 1.15. The molecule has 1 unspecified atom stereocenters. The molecule has 6 nitrogen and oxygen atoms in total. The predicted octanol–water partition coefficient (Wildman–Crippen LogP) is 2.31. The number of ether oxygens (including phenoxy) is 2. The van der Waals surface area contributed by atoms with Gasteiger partial charge in [-0.15, -0.1) is 0 Å². The lowest BCUT2D eigenvalue weighted by Gasteiger charge is -2.22. The van der Waals surface area contributed by atoms with E-state index in [9.17, 15) is 9.59 Å². The maximum Gasteiger partial charge on any atom is 0.325 e. The van der Waals surface area contributed by atoms with Crippen molar-refractivity contribution >= 4 is 11.9 Å². The summed E-state index contributed by atoms with van der Waals surface area (Å²) in [5, 5.41) is 2.94. The van der Waals surface area contributed by atoms with E-state index in [-0.39, 0.29) is 25.3 Å². The number of imide groups is 1. The minimum absolute atomic E-state index is 0.180. The second-order valence-electron chi connectivity index (χ2n) is 6.57. The maximum absolute atomic E-state index is 13.1. The molecule has 1 atom stereocenters. The quantitative estimate of drug-likeness (QED) is 0.855. The average molecular weight is 336 g/mol. The van der Waals surface area contributed by atoms with Crippen LogP contribution in [0.25, 0.3) is 0 Å². The molecule has 2 aliphatic heterocycles.